The summed E-state index contributed by atoms with van der Waals surface area (Å²) in [5.74, 6) is 0. The molecule has 0 spiro atoms. The lowest BCUT2D eigenvalue weighted by molar-refractivity contribution is 0.647. The van der Waals surface area contributed by atoms with Crippen LogP contribution in [0.25, 0.3) is 0 Å². The third kappa shape index (κ3) is 1.20. The van der Waals surface area contributed by atoms with Crippen LogP contribution in [-0.2, 0) is 0 Å². The molecule has 0 N–H and O–H groups in total. The summed E-state index contributed by atoms with van der Waals surface area (Å²) in [6.07, 6.45) is 6.28. The summed E-state index contributed by atoms with van der Waals surface area (Å²) in [7, 11) is 0. The predicted molar refractivity (Wildman–Crippen MR) is 29.9 cm³/mol. The van der Waals surface area contributed by atoms with Gasteiger partial charge in [-0.25, -0.2) is 0 Å². The van der Waals surface area contributed by atoms with Gasteiger partial charge < -0.3 is 0 Å². The average molecular weight is 117 g/mol. The molecule has 0 aromatic carbocycles. The average Bonchev–Trinajstić information content (AvgIpc) is 1.69. The Labute approximate surface area is 47.2 Å². The standard InChI is InChI=1S/C4H5ClN2/c5-7-4-2-1-3-6-7/h2-4H,1H2. The number of allylic oxidation sites excluding steroid dienone is 1. The van der Waals surface area contributed by atoms with Gasteiger partial charge in [0.25, 0.3) is 0 Å². The molecule has 0 saturated carbocycles. The highest BCUT2D eigenvalue weighted by Gasteiger charge is 1.88. The minimum Gasteiger partial charge on any atom is -0.181 e. The number of hydrogen-bond acceptors (Lipinski definition) is 2. The van der Waals surface area contributed by atoms with Gasteiger partial charge >= 0.3 is 0 Å². The largest absolute Gasteiger partial charge is 0.181 e. The van der Waals surface area contributed by atoms with Crippen molar-refractivity contribution in [3.05, 3.63) is 12.3 Å². The summed E-state index contributed by atoms with van der Waals surface area (Å²) >= 11 is 5.37. The number of hydrazone groups is 1. The lowest BCUT2D eigenvalue weighted by atomic mass is 10.4. The minimum atomic E-state index is 0.892. The molecule has 1 aliphatic heterocycles. The molecule has 0 amide bonds. The summed E-state index contributed by atoms with van der Waals surface area (Å²) in [5.41, 5.74) is 0. The Balaban J connectivity index is 2.49. The second-order valence-electron chi connectivity index (χ2n) is 1.21. The Morgan fingerprint density at radius 3 is 2.86 bits per heavy atom. The molecule has 2 nitrogen and oxygen atoms in total. The number of nitrogens with zero attached hydrogens (tertiary/aromatic N) is 2. The highest BCUT2D eigenvalue weighted by molar-refractivity contribution is 6.14. The monoisotopic (exact) mass is 116 g/mol. The van der Waals surface area contributed by atoms with Crippen LogP contribution < -0.4 is 0 Å². The van der Waals surface area contributed by atoms with Gasteiger partial charge in [0, 0.05) is 30.6 Å². The van der Waals surface area contributed by atoms with Crippen molar-refractivity contribution >= 4 is 18.0 Å². The maximum Gasteiger partial charge on any atom is 0.0385 e. The molecule has 0 aromatic heterocycles. The normalized spacial score (nSPS) is 18.1. The second-order valence-corrected chi connectivity index (χ2v) is 1.55. The van der Waals surface area contributed by atoms with Crippen molar-refractivity contribution in [2.45, 2.75) is 6.42 Å². The van der Waals surface area contributed by atoms with E-state index in [2.05, 4.69) is 5.10 Å². The van der Waals surface area contributed by atoms with Gasteiger partial charge in [-0.15, -0.1) is 0 Å². The van der Waals surface area contributed by atoms with Gasteiger partial charge in [0.15, 0.2) is 0 Å². The lowest BCUT2D eigenvalue weighted by Gasteiger charge is -2.03. The molecule has 1 heterocycles. The van der Waals surface area contributed by atoms with Crippen molar-refractivity contribution in [1.82, 2.24) is 4.53 Å². The van der Waals surface area contributed by atoms with Crippen LogP contribution >= 0.6 is 11.8 Å². The summed E-state index contributed by atoms with van der Waals surface area (Å²) in [6.45, 7) is 0. The summed E-state index contributed by atoms with van der Waals surface area (Å²) in [4.78, 5) is 0. The molecule has 38 valence electrons. The van der Waals surface area contributed by atoms with Gasteiger partial charge in [0.1, 0.15) is 0 Å². The first-order valence-corrected chi connectivity index (χ1v) is 2.37. The third-order valence-corrected chi connectivity index (χ3v) is 0.862. The van der Waals surface area contributed by atoms with Gasteiger partial charge in [0.05, 0.1) is 0 Å². The van der Waals surface area contributed by atoms with Crippen LogP contribution in [0.5, 0.6) is 0 Å². The van der Waals surface area contributed by atoms with E-state index >= 15 is 0 Å². The Morgan fingerprint density at radius 1 is 1.71 bits per heavy atom. The zero-order valence-corrected chi connectivity index (χ0v) is 4.47. The Hall–Kier alpha value is -0.500. The van der Waals surface area contributed by atoms with E-state index in [-0.39, 0.29) is 0 Å². The van der Waals surface area contributed by atoms with Crippen LogP contribution in [-0.4, -0.2) is 10.7 Å². The van der Waals surface area contributed by atoms with E-state index in [9.17, 15) is 0 Å². The SMILES string of the molecule is ClN1C=CCC=N1. The quantitative estimate of drug-likeness (QED) is 0.436. The van der Waals surface area contributed by atoms with E-state index < -0.39 is 0 Å². The first-order valence-electron chi connectivity index (χ1n) is 2.04. The number of halogens is 1. The molecule has 0 unspecified atom stereocenters. The van der Waals surface area contributed by atoms with Crippen LogP contribution in [0.3, 0.4) is 0 Å². The van der Waals surface area contributed by atoms with Gasteiger partial charge in [0.2, 0.25) is 0 Å². The van der Waals surface area contributed by atoms with E-state index in [0.29, 0.717) is 0 Å². The molecule has 0 atom stereocenters. The van der Waals surface area contributed by atoms with Crippen LogP contribution in [0.2, 0.25) is 0 Å². The van der Waals surface area contributed by atoms with Crippen molar-refractivity contribution in [3.8, 4) is 0 Å². The van der Waals surface area contributed by atoms with Crippen molar-refractivity contribution < 1.29 is 0 Å². The highest BCUT2D eigenvalue weighted by Crippen LogP contribution is 2.00. The first kappa shape index (κ1) is 4.65. The van der Waals surface area contributed by atoms with E-state index in [4.69, 9.17) is 11.8 Å². The summed E-state index contributed by atoms with van der Waals surface area (Å²) in [6, 6.07) is 0. The molecule has 7 heavy (non-hydrogen) atoms. The molecule has 0 fully saturated rings. The van der Waals surface area contributed by atoms with Crippen LogP contribution in [0, 0.1) is 0 Å². The fraction of sp³-hybridized carbons (Fsp3) is 0.250. The molecule has 0 radical (unpaired) electrons. The summed E-state index contributed by atoms with van der Waals surface area (Å²) in [5, 5.41) is 3.72. The molecule has 1 aliphatic rings. The maximum absolute atomic E-state index is 5.37. The first-order chi connectivity index (χ1) is 3.39. The second kappa shape index (κ2) is 1.98. The summed E-state index contributed by atoms with van der Waals surface area (Å²) < 4.78 is 1.25. The van der Waals surface area contributed by atoms with Crippen molar-refractivity contribution in [2.24, 2.45) is 5.10 Å². The molecular formula is C4H5ClN2. The van der Waals surface area contributed by atoms with E-state index in [1.807, 2.05) is 6.08 Å². The van der Waals surface area contributed by atoms with Crippen LogP contribution in [0.4, 0.5) is 0 Å². The molecule has 0 aliphatic carbocycles. The van der Waals surface area contributed by atoms with Gasteiger partial charge in [-0.1, -0.05) is 6.08 Å². The van der Waals surface area contributed by atoms with Crippen molar-refractivity contribution in [2.75, 3.05) is 0 Å². The Kier molecular flexibility index (Phi) is 1.32. The van der Waals surface area contributed by atoms with Gasteiger partial charge in [-0.3, -0.25) is 0 Å². The maximum atomic E-state index is 5.37. The third-order valence-electron chi connectivity index (χ3n) is 0.662. The Morgan fingerprint density at radius 2 is 2.57 bits per heavy atom. The highest BCUT2D eigenvalue weighted by atomic mass is 35.5. The van der Waals surface area contributed by atoms with Crippen LogP contribution in [0.1, 0.15) is 6.42 Å². The zero-order valence-electron chi connectivity index (χ0n) is 3.71. The zero-order chi connectivity index (χ0) is 5.11. The fourth-order valence-electron chi connectivity index (χ4n) is 0.372. The van der Waals surface area contributed by atoms with E-state index in [0.717, 1.165) is 6.42 Å². The minimum absolute atomic E-state index is 0.892. The molecule has 0 saturated heterocycles. The molecule has 0 bridgehead atoms. The topological polar surface area (TPSA) is 15.6 Å². The molecule has 0 aromatic rings. The van der Waals surface area contributed by atoms with Crippen molar-refractivity contribution in [1.29, 1.82) is 0 Å². The smallest absolute Gasteiger partial charge is 0.0385 e. The van der Waals surface area contributed by atoms with E-state index in [1.54, 1.807) is 12.4 Å². The number of hydrogen-bond donors (Lipinski definition) is 0. The molecule has 1 rings (SSSR count). The Bertz CT molecular complexity index is 96.3. The predicted octanol–water partition coefficient (Wildman–Crippen LogP) is 1.35. The van der Waals surface area contributed by atoms with Crippen molar-refractivity contribution in [3.63, 3.8) is 0 Å². The van der Waals surface area contributed by atoms with Gasteiger partial charge in [-0.2, -0.15) is 9.63 Å². The molecule has 3 heteroatoms. The van der Waals surface area contributed by atoms with Crippen LogP contribution in [0.15, 0.2) is 17.4 Å². The number of rotatable bonds is 0. The van der Waals surface area contributed by atoms with Gasteiger partial charge in [-0.05, 0) is 0 Å². The van der Waals surface area contributed by atoms with E-state index in [1.165, 1.54) is 4.53 Å². The fourth-order valence-corrected chi connectivity index (χ4v) is 0.514. The lowest BCUT2D eigenvalue weighted by Crippen LogP contribution is -1.96. The molecular weight excluding hydrogens is 112 g/mol.